The number of likely N-dealkylation sites (tertiary alicyclic amines) is 1. The van der Waals surface area contributed by atoms with E-state index < -0.39 is 0 Å². The molecule has 0 unspecified atom stereocenters. The molecule has 0 aliphatic carbocycles. The molecule has 0 spiro atoms. The average molecular weight is 353 g/mol. The Kier molecular flexibility index (Phi) is 4.42. The van der Waals surface area contributed by atoms with E-state index >= 15 is 0 Å². The maximum absolute atomic E-state index is 14.0. The zero-order valence-corrected chi connectivity index (χ0v) is 14.3. The van der Waals surface area contributed by atoms with Gasteiger partial charge in [0.1, 0.15) is 11.3 Å². The van der Waals surface area contributed by atoms with E-state index in [1.807, 2.05) is 24.3 Å². The van der Waals surface area contributed by atoms with Crippen molar-refractivity contribution in [3.05, 3.63) is 65.8 Å². The average Bonchev–Trinajstić information content (AvgIpc) is 3.23. The van der Waals surface area contributed by atoms with E-state index in [1.165, 1.54) is 6.07 Å². The van der Waals surface area contributed by atoms with E-state index in [-0.39, 0.29) is 23.7 Å². The molecule has 4 rings (SSSR count). The minimum atomic E-state index is -0.270. The zero-order chi connectivity index (χ0) is 18.1. The van der Waals surface area contributed by atoms with Crippen LogP contribution in [0.5, 0.6) is 0 Å². The normalized spacial score (nSPS) is 20.0. The Morgan fingerprint density at radius 2 is 1.96 bits per heavy atom. The molecule has 0 radical (unpaired) electrons. The van der Waals surface area contributed by atoms with Crippen LogP contribution in [0.3, 0.4) is 0 Å². The lowest BCUT2D eigenvalue weighted by molar-refractivity contribution is -0.130. The van der Waals surface area contributed by atoms with Crippen molar-refractivity contribution in [3.8, 4) is 0 Å². The van der Waals surface area contributed by atoms with Crippen molar-refractivity contribution in [1.82, 2.24) is 9.88 Å². The predicted octanol–water partition coefficient (Wildman–Crippen LogP) is 2.85. The number of aromatic nitrogens is 1. The van der Waals surface area contributed by atoms with Gasteiger partial charge in [0.05, 0.1) is 0 Å². The van der Waals surface area contributed by atoms with Crippen LogP contribution in [0.4, 0.5) is 4.39 Å². The molecule has 2 N–H and O–H groups in total. The van der Waals surface area contributed by atoms with Crippen LogP contribution in [0.15, 0.2) is 52.9 Å². The maximum Gasteiger partial charge on any atom is 0.223 e. The van der Waals surface area contributed by atoms with Gasteiger partial charge in [-0.2, -0.15) is 0 Å². The number of amides is 1. The molecule has 1 amide bonds. The summed E-state index contributed by atoms with van der Waals surface area (Å²) >= 11 is 0. The van der Waals surface area contributed by atoms with Gasteiger partial charge in [-0.25, -0.2) is 9.37 Å². The lowest BCUT2D eigenvalue weighted by atomic mass is 9.94. The molecule has 2 aromatic carbocycles. The van der Waals surface area contributed by atoms with Crippen LogP contribution >= 0.6 is 0 Å². The van der Waals surface area contributed by atoms with E-state index in [0.717, 1.165) is 11.1 Å². The van der Waals surface area contributed by atoms with E-state index in [0.29, 0.717) is 37.4 Å². The molecule has 1 aliphatic heterocycles. The number of para-hydroxylation sites is 2. The molecule has 0 bridgehead atoms. The SMILES string of the molecule is N[C@@H]1CN(C(=O)CCc2nc3ccccc3o2)C[C@H]1c1ccccc1F. The quantitative estimate of drug-likeness (QED) is 0.783. The molecule has 1 saturated heterocycles. The molecule has 1 aliphatic rings. The summed E-state index contributed by atoms with van der Waals surface area (Å²) in [5, 5.41) is 0. The van der Waals surface area contributed by atoms with Gasteiger partial charge in [0.15, 0.2) is 11.5 Å². The summed E-state index contributed by atoms with van der Waals surface area (Å²) < 4.78 is 19.7. The highest BCUT2D eigenvalue weighted by atomic mass is 19.1. The molecule has 1 fully saturated rings. The maximum atomic E-state index is 14.0. The summed E-state index contributed by atoms with van der Waals surface area (Å²) in [5.41, 5.74) is 8.26. The monoisotopic (exact) mass is 353 g/mol. The molecule has 6 heteroatoms. The lowest BCUT2D eigenvalue weighted by Gasteiger charge is -2.16. The summed E-state index contributed by atoms with van der Waals surface area (Å²) in [6.45, 7) is 0.875. The Bertz CT molecular complexity index is 906. The van der Waals surface area contributed by atoms with Crippen molar-refractivity contribution in [2.45, 2.75) is 24.8 Å². The highest BCUT2D eigenvalue weighted by molar-refractivity contribution is 5.77. The van der Waals surface area contributed by atoms with Crippen LogP contribution in [-0.2, 0) is 11.2 Å². The van der Waals surface area contributed by atoms with Crippen LogP contribution in [-0.4, -0.2) is 34.9 Å². The number of nitrogens with zero attached hydrogens (tertiary/aromatic N) is 2. The van der Waals surface area contributed by atoms with Gasteiger partial charge >= 0.3 is 0 Å². The van der Waals surface area contributed by atoms with Gasteiger partial charge in [-0.3, -0.25) is 4.79 Å². The third kappa shape index (κ3) is 3.20. The first-order valence-electron chi connectivity index (χ1n) is 8.74. The Labute approximate surface area is 150 Å². The fourth-order valence-corrected chi connectivity index (χ4v) is 3.54. The number of rotatable bonds is 4. The van der Waals surface area contributed by atoms with Crippen LogP contribution in [0.25, 0.3) is 11.1 Å². The van der Waals surface area contributed by atoms with Crippen molar-refractivity contribution in [2.75, 3.05) is 13.1 Å². The van der Waals surface area contributed by atoms with Gasteiger partial charge in [-0.1, -0.05) is 30.3 Å². The zero-order valence-electron chi connectivity index (χ0n) is 14.3. The van der Waals surface area contributed by atoms with Crippen LogP contribution in [0, 0.1) is 5.82 Å². The van der Waals surface area contributed by atoms with Crippen LogP contribution in [0.1, 0.15) is 23.8 Å². The number of benzene rings is 2. The molecule has 0 saturated carbocycles. The number of carbonyl (C=O) groups is 1. The van der Waals surface area contributed by atoms with Crippen LogP contribution < -0.4 is 5.73 Å². The minimum absolute atomic E-state index is 0.0125. The second-order valence-electron chi connectivity index (χ2n) is 6.67. The van der Waals surface area contributed by atoms with Gasteiger partial charge < -0.3 is 15.1 Å². The second kappa shape index (κ2) is 6.88. The van der Waals surface area contributed by atoms with Crippen molar-refractivity contribution in [3.63, 3.8) is 0 Å². The molecule has 2 heterocycles. The van der Waals surface area contributed by atoms with Gasteiger partial charge in [-0.05, 0) is 23.8 Å². The molecule has 134 valence electrons. The standard InChI is InChI=1S/C20H20FN3O2/c21-15-6-2-1-5-13(15)14-11-24(12-16(14)22)20(25)10-9-19-23-17-7-3-4-8-18(17)26-19/h1-8,14,16H,9-12,22H2/t14-,16+/m0/s1. The highest BCUT2D eigenvalue weighted by Gasteiger charge is 2.35. The van der Waals surface area contributed by atoms with E-state index in [2.05, 4.69) is 4.98 Å². The number of halogens is 1. The molecule has 26 heavy (non-hydrogen) atoms. The van der Waals surface area contributed by atoms with E-state index in [1.54, 1.807) is 23.1 Å². The summed E-state index contributed by atoms with van der Waals surface area (Å²) in [7, 11) is 0. The summed E-state index contributed by atoms with van der Waals surface area (Å²) in [5.74, 6) is 0.0912. The summed E-state index contributed by atoms with van der Waals surface area (Å²) in [4.78, 5) is 18.6. The largest absolute Gasteiger partial charge is 0.441 e. The van der Waals surface area contributed by atoms with Gasteiger partial charge in [-0.15, -0.1) is 0 Å². The molecule has 1 aromatic heterocycles. The van der Waals surface area contributed by atoms with E-state index in [4.69, 9.17) is 10.2 Å². The topological polar surface area (TPSA) is 72.4 Å². The van der Waals surface area contributed by atoms with Crippen molar-refractivity contribution in [2.24, 2.45) is 5.73 Å². The Balaban J connectivity index is 1.40. The smallest absolute Gasteiger partial charge is 0.223 e. The summed E-state index contributed by atoms with van der Waals surface area (Å²) in [6.07, 6.45) is 0.729. The van der Waals surface area contributed by atoms with Crippen molar-refractivity contribution >= 4 is 17.0 Å². The number of oxazole rings is 1. The van der Waals surface area contributed by atoms with E-state index in [9.17, 15) is 9.18 Å². The predicted molar refractivity (Wildman–Crippen MR) is 96.0 cm³/mol. The number of nitrogens with two attached hydrogens (primary N) is 1. The first-order valence-corrected chi connectivity index (χ1v) is 8.74. The minimum Gasteiger partial charge on any atom is -0.441 e. The number of hydrogen-bond donors (Lipinski definition) is 1. The third-order valence-corrected chi connectivity index (χ3v) is 4.91. The van der Waals surface area contributed by atoms with Crippen LogP contribution in [0.2, 0.25) is 0 Å². The highest BCUT2D eigenvalue weighted by Crippen LogP contribution is 2.29. The number of aryl methyl sites for hydroxylation is 1. The lowest BCUT2D eigenvalue weighted by Crippen LogP contribution is -2.32. The first-order chi connectivity index (χ1) is 12.6. The Morgan fingerprint density at radius 3 is 2.77 bits per heavy atom. The molecular formula is C20H20FN3O2. The fourth-order valence-electron chi connectivity index (χ4n) is 3.54. The number of hydrogen-bond acceptors (Lipinski definition) is 4. The molecule has 5 nitrogen and oxygen atoms in total. The Hall–Kier alpha value is -2.73. The van der Waals surface area contributed by atoms with Crippen molar-refractivity contribution in [1.29, 1.82) is 0 Å². The molecule has 2 atom stereocenters. The van der Waals surface area contributed by atoms with Gasteiger partial charge in [0.2, 0.25) is 5.91 Å². The number of carbonyl (C=O) groups excluding carboxylic acids is 1. The molecule has 3 aromatic rings. The molecular weight excluding hydrogens is 333 g/mol. The van der Waals surface area contributed by atoms with Gasteiger partial charge in [0.25, 0.3) is 0 Å². The third-order valence-electron chi connectivity index (χ3n) is 4.91. The fraction of sp³-hybridized carbons (Fsp3) is 0.300. The second-order valence-corrected chi connectivity index (χ2v) is 6.67. The number of fused-ring (bicyclic) bond motifs is 1. The van der Waals surface area contributed by atoms with Gasteiger partial charge in [0, 0.05) is 37.9 Å². The van der Waals surface area contributed by atoms with Crippen molar-refractivity contribution < 1.29 is 13.6 Å². The first kappa shape index (κ1) is 16.7. The summed E-state index contributed by atoms with van der Waals surface area (Å²) in [6, 6.07) is 13.9. The Morgan fingerprint density at radius 1 is 1.19 bits per heavy atom.